The third-order valence-corrected chi connectivity index (χ3v) is 4.55. The van der Waals surface area contributed by atoms with Gasteiger partial charge in [-0.2, -0.15) is 5.10 Å². The number of hydrogen-bond donors (Lipinski definition) is 1. The monoisotopic (exact) mass is 308 g/mol. The first-order valence-electron chi connectivity index (χ1n) is 7.95. The first-order valence-corrected chi connectivity index (χ1v) is 7.95. The predicted octanol–water partition coefficient (Wildman–Crippen LogP) is 2.30. The Balaban J connectivity index is 1.58. The molecule has 6 nitrogen and oxygen atoms in total. The van der Waals surface area contributed by atoms with Crippen molar-refractivity contribution < 1.29 is 0 Å². The van der Waals surface area contributed by atoms with E-state index in [0.29, 0.717) is 0 Å². The molecule has 1 aliphatic heterocycles. The van der Waals surface area contributed by atoms with E-state index in [9.17, 15) is 0 Å². The van der Waals surface area contributed by atoms with Crippen LogP contribution in [0.25, 0.3) is 11.0 Å². The molecule has 0 atom stereocenters. The summed E-state index contributed by atoms with van der Waals surface area (Å²) in [5.74, 6) is 0.991. The maximum atomic E-state index is 4.52. The molecule has 3 aromatic rings. The number of nitrogens with one attached hydrogen (secondary N) is 1. The Kier molecular flexibility index (Phi) is 3.37. The average molecular weight is 308 g/mol. The smallest absolute Gasteiger partial charge is 0.186 e. The molecule has 0 aliphatic carbocycles. The minimum Gasteiger partial charge on any atom is -0.368 e. The van der Waals surface area contributed by atoms with E-state index in [4.69, 9.17) is 0 Å². The van der Waals surface area contributed by atoms with Crippen molar-refractivity contribution in [3.05, 3.63) is 41.9 Å². The molecule has 0 saturated carbocycles. The van der Waals surface area contributed by atoms with Gasteiger partial charge in [-0.3, -0.25) is 5.10 Å². The van der Waals surface area contributed by atoms with Crippen molar-refractivity contribution in [2.24, 2.45) is 0 Å². The summed E-state index contributed by atoms with van der Waals surface area (Å²) in [6, 6.07) is 8.57. The first-order chi connectivity index (χ1) is 11.2. The van der Waals surface area contributed by atoms with Crippen LogP contribution in [0, 0.1) is 13.8 Å². The zero-order chi connectivity index (χ0) is 15.8. The van der Waals surface area contributed by atoms with E-state index in [1.54, 1.807) is 6.33 Å². The fraction of sp³-hybridized carbons (Fsp3) is 0.353. The Labute approximate surface area is 135 Å². The van der Waals surface area contributed by atoms with Gasteiger partial charge in [0.05, 0.1) is 5.39 Å². The van der Waals surface area contributed by atoms with E-state index in [1.165, 1.54) is 11.3 Å². The van der Waals surface area contributed by atoms with Crippen LogP contribution in [0.4, 0.5) is 11.5 Å². The van der Waals surface area contributed by atoms with Crippen molar-refractivity contribution in [3.8, 4) is 0 Å². The van der Waals surface area contributed by atoms with Crippen molar-refractivity contribution in [2.75, 3.05) is 36.0 Å². The Hall–Kier alpha value is -2.63. The van der Waals surface area contributed by atoms with Gasteiger partial charge in [-0.25, -0.2) is 9.97 Å². The van der Waals surface area contributed by atoms with Crippen LogP contribution in [0.15, 0.2) is 30.6 Å². The summed E-state index contributed by atoms with van der Waals surface area (Å²) in [5, 5.41) is 8.28. The molecule has 118 valence electrons. The van der Waals surface area contributed by atoms with E-state index in [1.807, 2.05) is 6.92 Å². The highest BCUT2D eigenvalue weighted by Crippen LogP contribution is 2.27. The Morgan fingerprint density at radius 3 is 2.48 bits per heavy atom. The van der Waals surface area contributed by atoms with E-state index in [0.717, 1.165) is 48.7 Å². The number of para-hydroxylation sites is 1. The molecule has 23 heavy (non-hydrogen) atoms. The molecule has 0 unspecified atom stereocenters. The summed E-state index contributed by atoms with van der Waals surface area (Å²) in [6.45, 7) is 8.08. The van der Waals surface area contributed by atoms with Crippen molar-refractivity contribution in [2.45, 2.75) is 13.8 Å². The van der Waals surface area contributed by atoms with E-state index in [-0.39, 0.29) is 0 Å². The number of benzene rings is 1. The van der Waals surface area contributed by atoms with Gasteiger partial charge in [-0.1, -0.05) is 18.2 Å². The van der Waals surface area contributed by atoms with Crippen molar-refractivity contribution >= 4 is 22.5 Å². The lowest BCUT2D eigenvalue weighted by Gasteiger charge is -2.37. The van der Waals surface area contributed by atoms with Gasteiger partial charge in [0.25, 0.3) is 0 Å². The standard InChI is InChI=1S/C17H20N6/c1-12-5-3-4-6-14(12)22-7-9-23(10-8-22)17-15-13(2)20-21-16(15)18-11-19-17/h3-6,11H,7-10H2,1-2H3,(H,18,19,20,21). The van der Waals surface area contributed by atoms with Crippen molar-refractivity contribution in [1.82, 2.24) is 20.2 Å². The zero-order valence-corrected chi connectivity index (χ0v) is 13.5. The Morgan fingerprint density at radius 2 is 1.70 bits per heavy atom. The van der Waals surface area contributed by atoms with Crippen LogP contribution in [0.3, 0.4) is 0 Å². The molecule has 1 N–H and O–H groups in total. The largest absolute Gasteiger partial charge is 0.368 e. The normalized spacial score (nSPS) is 15.4. The van der Waals surface area contributed by atoms with Gasteiger partial charge in [0.2, 0.25) is 0 Å². The van der Waals surface area contributed by atoms with Crippen LogP contribution in [-0.2, 0) is 0 Å². The summed E-state index contributed by atoms with van der Waals surface area (Å²) in [7, 11) is 0. The molecule has 3 heterocycles. The molecular weight excluding hydrogens is 288 g/mol. The summed E-state index contributed by atoms with van der Waals surface area (Å²) in [6.07, 6.45) is 1.60. The van der Waals surface area contributed by atoms with Crippen LogP contribution in [0.5, 0.6) is 0 Å². The van der Waals surface area contributed by atoms with Gasteiger partial charge in [0.1, 0.15) is 12.1 Å². The summed E-state index contributed by atoms with van der Waals surface area (Å²) < 4.78 is 0. The van der Waals surface area contributed by atoms with Crippen LogP contribution in [0.2, 0.25) is 0 Å². The molecular formula is C17H20N6. The molecule has 1 saturated heterocycles. The number of fused-ring (bicyclic) bond motifs is 1. The lowest BCUT2D eigenvalue weighted by atomic mass is 10.1. The molecule has 6 heteroatoms. The maximum absolute atomic E-state index is 4.52. The lowest BCUT2D eigenvalue weighted by molar-refractivity contribution is 0.647. The number of H-pyrrole nitrogens is 1. The van der Waals surface area contributed by atoms with Gasteiger partial charge in [0.15, 0.2) is 5.65 Å². The Morgan fingerprint density at radius 1 is 0.957 bits per heavy atom. The zero-order valence-electron chi connectivity index (χ0n) is 13.5. The van der Waals surface area contributed by atoms with E-state index < -0.39 is 0 Å². The van der Waals surface area contributed by atoms with E-state index >= 15 is 0 Å². The van der Waals surface area contributed by atoms with Gasteiger partial charge < -0.3 is 9.80 Å². The molecule has 0 spiro atoms. The molecule has 4 rings (SSSR count). The highest BCUT2D eigenvalue weighted by atomic mass is 15.3. The van der Waals surface area contributed by atoms with Gasteiger partial charge in [-0.15, -0.1) is 0 Å². The molecule has 2 aromatic heterocycles. The molecule has 0 bridgehead atoms. The molecule has 1 aliphatic rings. The van der Waals surface area contributed by atoms with Crippen LogP contribution in [-0.4, -0.2) is 46.3 Å². The fourth-order valence-corrected chi connectivity index (χ4v) is 3.30. The van der Waals surface area contributed by atoms with Gasteiger partial charge in [-0.05, 0) is 25.5 Å². The summed E-state index contributed by atoms with van der Waals surface area (Å²) in [5.41, 5.74) is 4.43. The lowest BCUT2D eigenvalue weighted by Crippen LogP contribution is -2.47. The van der Waals surface area contributed by atoms with Crippen molar-refractivity contribution in [1.29, 1.82) is 0 Å². The van der Waals surface area contributed by atoms with Crippen molar-refractivity contribution in [3.63, 3.8) is 0 Å². The number of piperazine rings is 1. The minimum absolute atomic E-state index is 0.744. The molecule has 1 aromatic carbocycles. The highest BCUT2D eigenvalue weighted by molar-refractivity contribution is 5.89. The predicted molar refractivity (Wildman–Crippen MR) is 92.0 cm³/mol. The average Bonchev–Trinajstić information content (AvgIpc) is 2.97. The molecule has 0 amide bonds. The second-order valence-electron chi connectivity index (χ2n) is 6.01. The third kappa shape index (κ3) is 2.40. The van der Waals surface area contributed by atoms with Crippen LogP contribution in [0.1, 0.15) is 11.3 Å². The topological polar surface area (TPSA) is 60.9 Å². The SMILES string of the molecule is Cc1ccccc1N1CCN(c2ncnc3n[nH]c(C)c23)CC1. The molecule has 0 radical (unpaired) electrons. The minimum atomic E-state index is 0.744. The van der Waals surface area contributed by atoms with E-state index in [2.05, 4.69) is 61.2 Å². The molecule has 1 fully saturated rings. The van der Waals surface area contributed by atoms with Gasteiger partial charge in [0, 0.05) is 37.6 Å². The quantitative estimate of drug-likeness (QED) is 0.787. The second-order valence-corrected chi connectivity index (χ2v) is 6.01. The van der Waals surface area contributed by atoms with Gasteiger partial charge >= 0.3 is 0 Å². The number of anilines is 2. The third-order valence-electron chi connectivity index (χ3n) is 4.55. The number of aromatic amines is 1. The number of rotatable bonds is 2. The van der Waals surface area contributed by atoms with Crippen LogP contribution >= 0.6 is 0 Å². The summed E-state index contributed by atoms with van der Waals surface area (Å²) in [4.78, 5) is 13.5. The number of nitrogens with zero attached hydrogens (tertiary/aromatic N) is 5. The second kappa shape index (κ2) is 5.53. The first kappa shape index (κ1) is 14.0. The van der Waals surface area contributed by atoms with Crippen LogP contribution < -0.4 is 9.80 Å². The number of aromatic nitrogens is 4. The maximum Gasteiger partial charge on any atom is 0.186 e. The summed E-state index contributed by atoms with van der Waals surface area (Å²) >= 11 is 0. The fourth-order valence-electron chi connectivity index (χ4n) is 3.30. The number of aryl methyl sites for hydroxylation is 2. The Bertz CT molecular complexity index is 832. The number of hydrogen-bond acceptors (Lipinski definition) is 5. The highest BCUT2D eigenvalue weighted by Gasteiger charge is 2.22.